The number of hydrogen-bond acceptors (Lipinski definition) is 6. The summed E-state index contributed by atoms with van der Waals surface area (Å²) in [5.41, 5.74) is 0.472. The Morgan fingerprint density at radius 2 is 1.94 bits per heavy atom. The Labute approximate surface area is 192 Å². The van der Waals surface area contributed by atoms with Crippen molar-refractivity contribution >= 4 is 40.0 Å². The number of esters is 1. The SMILES string of the molecule is COC(=O)c1c(NC(=O)CCN2C(=O)C3CCC(C)(C2=O)C3(C)C)sc2c1CCC(C)C2. The highest BCUT2D eigenvalue weighted by Gasteiger charge is 2.64. The molecular weight excluding hydrogens is 428 g/mol. The third-order valence-corrected chi connectivity index (χ3v) is 9.39. The molecule has 0 aromatic carbocycles. The lowest BCUT2D eigenvalue weighted by Crippen LogP contribution is -2.59. The Balaban J connectivity index is 1.48. The van der Waals surface area contributed by atoms with Gasteiger partial charge < -0.3 is 10.1 Å². The number of hydrogen-bond donors (Lipinski definition) is 1. The highest BCUT2D eigenvalue weighted by molar-refractivity contribution is 7.17. The van der Waals surface area contributed by atoms with Crippen molar-refractivity contribution in [3.63, 3.8) is 0 Å². The largest absolute Gasteiger partial charge is 0.465 e. The molecule has 2 fully saturated rings. The standard InChI is InChI=1S/C24H32N2O5S/c1-13-6-7-14-16(12-13)32-19(18(14)21(29)31-5)25-17(27)9-11-26-20(28)15-8-10-24(4,22(26)30)23(15,2)3/h13,15H,6-12H2,1-5H3,(H,25,27). The number of fused-ring (bicyclic) bond motifs is 3. The van der Waals surface area contributed by atoms with Crippen molar-refractivity contribution in [2.24, 2.45) is 22.7 Å². The van der Waals surface area contributed by atoms with Crippen LogP contribution in [0.25, 0.3) is 0 Å². The maximum Gasteiger partial charge on any atom is 0.341 e. The predicted octanol–water partition coefficient (Wildman–Crippen LogP) is 3.80. The van der Waals surface area contributed by atoms with Crippen LogP contribution >= 0.6 is 11.3 Å². The quantitative estimate of drug-likeness (QED) is 0.533. The third-order valence-electron chi connectivity index (χ3n) is 8.22. The first-order chi connectivity index (χ1) is 15.0. The number of methoxy groups -OCH3 is 1. The molecule has 32 heavy (non-hydrogen) atoms. The van der Waals surface area contributed by atoms with Crippen LogP contribution < -0.4 is 5.32 Å². The van der Waals surface area contributed by atoms with Crippen molar-refractivity contribution in [3.8, 4) is 0 Å². The Morgan fingerprint density at radius 3 is 2.62 bits per heavy atom. The van der Waals surface area contributed by atoms with Gasteiger partial charge in [0.2, 0.25) is 17.7 Å². The first-order valence-electron chi connectivity index (χ1n) is 11.4. The number of anilines is 1. The summed E-state index contributed by atoms with van der Waals surface area (Å²) < 4.78 is 4.97. The van der Waals surface area contributed by atoms with Crippen molar-refractivity contribution in [3.05, 3.63) is 16.0 Å². The molecule has 2 bridgehead atoms. The van der Waals surface area contributed by atoms with Crippen molar-refractivity contribution in [2.45, 2.75) is 66.2 Å². The molecule has 8 heteroatoms. The van der Waals surface area contributed by atoms with Gasteiger partial charge in [0.15, 0.2) is 0 Å². The van der Waals surface area contributed by atoms with Gasteiger partial charge in [-0.3, -0.25) is 19.3 Å². The van der Waals surface area contributed by atoms with E-state index in [-0.39, 0.29) is 42.0 Å². The average Bonchev–Trinajstić information content (AvgIpc) is 3.16. The number of nitrogens with one attached hydrogen (secondary N) is 1. The van der Waals surface area contributed by atoms with Gasteiger partial charge in [-0.15, -0.1) is 11.3 Å². The molecule has 1 N–H and O–H groups in total. The summed E-state index contributed by atoms with van der Waals surface area (Å²) in [6.45, 7) is 8.17. The third kappa shape index (κ3) is 3.38. The van der Waals surface area contributed by atoms with E-state index in [1.165, 1.54) is 23.3 Å². The van der Waals surface area contributed by atoms with Crippen LogP contribution in [-0.4, -0.2) is 42.2 Å². The minimum absolute atomic E-state index is 0.000288. The van der Waals surface area contributed by atoms with E-state index in [2.05, 4.69) is 12.2 Å². The lowest BCUT2D eigenvalue weighted by Gasteiger charge is -2.47. The molecule has 2 aliphatic carbocycles. The number of thiophene rings is 1. The van der Waals surface area contributed by atoms with E-state index in [4.69, 9.17) is 4.74 Å². The molecular formula is C24H32N2O5S. The fraction of sp³-hybridized carbons (Fsp3) is 0.667. The van der Waals surface area contributed by atoms with Crippen LogP contribution in [0, 0.1) is 22.7 Å². The van der Waals surface area contributed by atoms with Crippen LogP contribution in [0.1, 0.15) is 74.2 Å². The van der Waals surface area contributed by atoms with Gasteiger partial charge in [0.05, 0.1) is 18.1 Å². The van der Waals surface area contributed by atoms with Crippen LogP contribution in [0.4, 0.5) is 5.00 Å². The van der Waals surface area contributed by atoms with Crippen LogP contribution in [0.3, 0.4) is 0 Å². The molecule has 1 saturated heterocycles. The number of amides is 3. The zero-order chi connectivity index (χ0) is 23.4. The first kappa shape index (κ1) is 23.0. The van der Waals surface area contributed by atoms with E-state index in [0.717, 1.165) is 29.7 Å². The van der Waals surface area contributed by atoms with Gasteiger partial charge in [0, 0.05) is 23.8 Å². The monoisotopic (exact) mass is 460 g/mol. The van der Waals surface area contributed by atoms with Gasteiger partial charge in [-0.05, 0) is 49.0 Å². The molecule has 4 rings (SSSR count). The van der Waals surface area contributed by atoms with E-state index in [1.54, 1.807) is 0 Å². The van der Waals surface area contributed by atoms with Crippen LogP contribution in [0.15, 0.2) is 0 Å². The molecule has 1 aromatic heterocycles. The summed E-state index contributed by atoms with van der Waals surface area (Å²) in [5.74, 6) is -0.758. The smallest absolute Gasteiger partial charge is 0.341 e. The van der Waals surface area contributed by atoms with E-state index in [9.17, 15) is 19.2 Å². The fourth-order valence-corrected chi connectivity index (χ4v) is 7.09. The summed E-state index contributed by atoms with van der Waals surface area (Å²) >= 11 is 1.43. The van der Waals surface area contributed by atoms with Crippen LogP contribution in [-0.2, 0) is 32.0 Å². The second kappa shape index (κ2) is 7.97. The minimum atomic E-state index is -0.580. The van der Waals surface area contributed by atoms with Gasteiger partial charge in [-0.1, -0.05) is 27.7 Å². The van der Waals surface area contributed by atoms with Gasteiger partial charge in [-0.25, -0.2) is 4.79 Å². The Hall–Kier alpha value is -2.22. The van der Waals surface area contributed by atoms with E-state index >= 15 is 0 Å². The summed E-state index contributed by atoms with van der Waals surface area (Å²) in [6.07, 6.45) is 4.07. The molecule has 0 radical (unpaired) electrons. The molecule has 3 amide bonds. The van der Waals surface area contributed by atoms with Crippen molar-refractivity contribution in [1.29, 1.82) is 0 Å². The van der Waals surface area contributed by atoms with Crippen molar-refractivity contribution in [1.82, 2.24) is 4.90 Å². The van der Waals surface area contributed by atoms with Gasteiger partial charge in [0.25, 0.3) is 0 Å². The van der Waals surface area contributed by atoms with E-state index in [0.29, 0.717) is 29.3 Å². The van der Waals surface area contributed by atoms with Crippen LogP contribution in [0.2, 0.25) is 0 Å². The number of nitrogens with zero attached hydrogens (tertiary/aromatic N) is 1. The number of rotatable bonds is 5. The number of piperidine rings is 1. The molecule has 1 aliphatic heterocycles. The summed E-state index contributed by atoms with van der Waals surface area (Å²) in [4.78, 5) is 53.8. The summed E-state index contributed by atoms with van der Waals surface area (Å²) in [7, 11) is 1.34. The van der Waals surface area contributed by atoms with Crippen molar-refractivity contribution < 1.29 is 23.9 Å². The zero-order valence-electron chi connectivity index (χ0n) is 19.5. The highest BCUT2D eigenvalue weighted by atomic mass is 32.1. The summed E-state index contributed by atoms with van der Waals surface area (Å²) in [5, 5.41) is 3.37. The van der Waals surface area contributed by atoms with Gasteiger partial charge in [0.1, 0.15) is 5.00 Å². The summed E-state index contributed by atoms with van der Waals surface area (Å²) in [6, 6.07) is 0. The highest BCUT2D eigenvalue weighted by Crippen LogP contribution is 2.60. The Kier molecular flexibility index (Phi) is 5.72. The maximum atomic E-state index is 13.2. The molecule has 0 spiro atoms. The number of ether oxygens (including phenoxy) is 1. The van der Waals surface area contributed by atoms with Crippen LogP contribution in [0.5, 0.6) is 0 Å². The lowest BCUT2D eigenvalue weighted by molar-refractivity contribution is -0.167. The lowest BCUT2D eigenvalue weighted by atomic mass is 9.62. The van der Waals surface area contributed by atoms with Crippen molar-refractivity contribution in [2.75, 3.05) is 19.0 Å². The van der Waals surface area contributed by atoms with Gasteiger partial charge in [-0.2, -0.15) is 0 Å². The molecule has 3 unspecified atom stereocenters. The molecule has 7 nitrogen and oxygen atoms in total. The predicted molar refractivity (Wildman–Crippen MR) is 121 cm³/mol. The fourth-order valence-electron chi connectivity index (χ4n) is 5.67. The molecule has 174 valence electrons. The zero-order valence-corrected chi connectivity index (χ0v) is 20.3. The van der Waals surface area contributed by atoms with E-state index in [1.807, 2.05) is 20.8 Å². The topological polar surface area (TPSA) is 92.8 Å². The number of carbonyl (C=O) groups is 4. The maximum absolute atomic E-state index is 13.2. The second-order valence-corrected chi connectivity index (χ2v) is 11.4. The normalized spacial score (nSPS) is 28.5. The molecule has 3 atom stereocenters. The average molecular weight is 461 g/mol. The first-order valence-corrected chi connectivity index (χ1v) is 12.2. The molecule has 2 heterocycles. The molecule has 1 aromatic rings. The second-order valence-electron chi connectivity index (χ2n) is 10.3. The van der Waals surface area contributed by atoms with E-state index < -0.39 is 11.4 Å². The minimum Gasteiger partial charge on any atom is -0.465 e. The molecule has 1 saturated carbocycles. The molecule has 3 aliphatic rings. The number of likely N-dealkylation sites (tertiary alicyclic amines) is 1. The Bertz CT molecular complexity index is 997. The Morgan fingerprint density at radius 1 is 1.22 bits per heavy atom. The number of imide groups is 1. The number of carbonyl (C=O) groups excluding carboxylic acids is 4. The van der Waals surface area contributed by atoms with Gasteiger partial charge >= 0.3 is 5.97 Å².